The second-order valence-corrected chi connectivity index (χ2v) is 4.38. The first kappa shape index (κ1) is 12.6. The standard InChI is InChI=1S/C13H9ClN4O2/c14-9-2-1-4-15-10(9)6-20-13(19)11-8-3-5-16-12(8)18-7-17-11/h1-5,7H,6H2,(H,16,17,18). The van der Waals surface area contributed by atoms with Crippen LogP contribution in [0.25, 0.3) is 11.0 Å². The number of nitrogens with one attached hydrogen (secondary N) is 1. The van der Waals surface area contributed by atoms with Gasteiger partial charge in [0.05, 0.1) is 16.1 Å². The van der Waals surface area contributed by atoms with Gasteiger partial charge in [-0.1, -0.05) is 11.6 Å². The molecular formula is C13H9ClN4O2. The van der Waals surface area contributed by atoms with Crippen molar-refractivity contribution in [3.8, 4) is 0 Å². The van der Waals surface area contributed by atoms with Gasteiger partial charge in [0.25, 0.3) is 0 Å². The lowest BCUT2D eigenvalue weighted by Gasteiger charge is -2.05. The Morgan fingerprint density at radius 1 is 1.30 bits per heavy atom. The highest BCUT2D eigenvalue weighted by Crippen LogP contribution is 2.16. The number of H-pyrrole nitrogens is 1. The van der Waals surface area contributed by atoms with E-state index in [4.69, 9.17) is 16.3 Å². The summed E-state index contributed by atoms with van der Waals surface area (Å²) in [5.74, 6) is -0.543. The lowest BCUT2D eigenvalue weighted by Crippen LogP contribution is -2.09. The van der Waals surface area contributed by atoms with Gasteiger partial charge >= 0.3 is 5.97 Å². The molecule has 0 unspecified atom stereocenters. The van der Waals surface area contributed by atoms with Crippen LogP contribution in [-0.4, -0.2) is 25.9 Å². The van der Waals surface area contributed by atoms with Crippen LogP contribution >= 0.6 is 11.6 Å². The topological polar surface area (TPSA) is 80.8 Å². The van der Waals surface area contributed by atoms with E-state index in [2.05, 4.69) is 19.9 Å². The first-order valence-corrected chi connectivity index (χ1v) is 6.18. The van der Waals surface area contributed by atoms with Crippen molar-refractivity contribution in [1.82, 2.24) is 19.9 Å². The molecule has 0 amide bonds. The first-order chi connectivity index (χ1) is 9.75. The molecule has 6 nitrogen and oxygen atoms in total. The number of nitrogens with zero attached hydrogens (tertiary/aromatic N) is 3. The fourth-order valence-electron chi connectivity index (χ4n) is 1.76. The molecule has 0 aliphatic carbocycles. The summed E-state index contributed by atoms with van der Waals surface area (Å²) in [6, 6.07) is 5.12. The second kappa shape index (κ2) is 5.26. The summed E-state index contributed by atoms with van der Waals surface area (Å²) in [6.07, 6.45) is 4.58. The van der Waals surface area contributed by atoms with Crippen LogP contribution in [-0.2, 0) is 11.3 Å². The molecule has 0 radical (unpaired) electrons. The van der Waals surface area contributed by atoms with Crippen molar-refractivity contribution in [2.45, 2.75) is 6.61 Å². The van der Waals surface area contributed by atoms with Gasteiger partial charge in [-0.3, -0.25) is 4.98 Å². The summed E-state index contributed by atoms with van der Waals surface area (Å²) < 4.78 is 5.18. The van der Waals surface area contributed by atoms with E-state index in [9.17, 15) is 4.79 Å². The van der Waals surface area contributed by atoms with Crippen LogP contribution in [0.5, 0.6) is 0 Å². The minimum absolute atomic E-state index is 0.00553. The Hall–Kier alpha value is -2.47. The van der Waals surface area contributed by atoms with Crippen LogP contribution in [0, 0.1) is 0 Å². The molecule has 0 aliphatic heterocycles. The minimum Gasteiger partial charge on any atom is -0.454 e. The molecule has 100 valence electrons. The zero-order valence-electron chi connectivity index (χ0n) is 10.2. The van der Waals surface area contributed by atoms with Gasteiger partial charge in [0, 0.05) is 12.4 Å². The molecule has 7 heteroatoms. The third-order valence-corrected chi connectivity index (χ3v) is 3.07. The van der Waals surface area contributed by atoms with Gasteiger partial charge < -0.3 is 9.72 Å². The number of rotatable bonds is 3. The summed E-state index contributed by atoms with van der Waals surface area (Å²) in [7, 11) is 0. The monoisotopic (exact) mass is 288 g/mol. The van der Waals surface area contributed by atoms with Crippen molar-refractivity contribution in [3.63, 3.8) is 0 Å². The number of ether oxygens (including phenoxy) is 1. The highest BCUT2D eigenvalue weighted by atomic mass is 35.5. The molecular weight excluding hydrogens is 280 g/mol. The van der Waals surface area contributed by atoms with Gasteiger partial charge in [0.1, 0.15) is 18.6 Å². The lowest BCUT2D eigenvalue weighted by atomic mass is 10.3. The van der Waals surface area contributed by atoms with E-state index in [1.54, 1.807) is 30.6 Å². The van der Waals surface area contributed by atoms with Crippen molar-refractivity contribution in [2.24, 2.45) is 0 Å². The third kappa shape index (κ3) is 2.33. The maximum Gasteiger partial charge on any atom is 0.358 e. The predicted molar refractivity (Wildman–Crippen MR) is 72.3 cm³/mol. The summed E-state index contributed by atoms with van der Waals surface area (Å²) in [5, 5.41) is 1.07. The molecule has 3 aromatic heterocycles. The Morgan fingerprint density at radius 3 is 3.05 bits per heavy atom. The quantitative estimate of drug-likeness (QED) is 0.748. The van der Waals surface area contributed by atoms with E-state index in [-0.39, 0.29) is 12.3 Å². The van der Waals surface area contributed by atoms with E-state index in [1.165, 1.54) is 6.33 Å². The number of carbonyl (C=O) groups excluding carboxylic acids is 1. The Balaban J connectivity index is 1.80. The van der Waals surface area contributed by atoms with Crippen molar-refractivity contribution < 1.29 is 9.53 Å². The SMILES string of the molecule is O=C(OCc1ncccc1Cl)c1ncnc2[nH]ccc12. The van der Waals surface area contributed by atoms with Crippen LogP contribution in [0.2, 0.25) is 5.02 Å². The zero-order valence-corrected chi connectivity index (χ0v) is 11.0. The molecule has 0 atom stereocenters. The molecule has 3 heterocycles. The summed E-state index contributed by atoms with van der Waals surface area (Å²) >= 11 is 5.95. The van der Waals surface area contributed by atoms with E-state index in [0.717, 1.165) is 0 Å². The third-order valence-electron chi connectivity index (χ3n) is 2.72. The number of pyridine rings is 1. The average molecular weight is 289 g/mol. The fraction of sp³-hybridized carbons (Fsp3) is 0.0769. The minimum atomic E-state index is -0.543. The number of halogens is 1. The van der Waals surface area contributed by atoms with Gasteiger partial charge in [-0.05, 0) is 18.2 Å². The van der Waals surface area contributed by atoms with Crippen molar-refractivity contribution >= 4 is 28.6 Å². The van der Waals surface area contributed by atoms with Gasteiger partial charge in [-0.25, -0.2) is 14.8 Å². The molecule has 0 fully saturated rings. The molecule has 1 N–H and O–H groups in total. The molecule has 0 spiro atoms. The van der Waals surface area contributed by atoms with Crippen molar-refractivity contribution in [3.05, 3.63) is 53.3 Å². The Morgan fingerprint density at radius 2 is 2.20 bits per heavy atom. The number of aromatic nitrogens is 4. The van der Waals surface area contributed by atoms with Gasteiger partial charge in [0.15, 0.2) is 5.69 Å². The van der Waals surface area contributed by atoms with Crippen molar-refractivity contribution in [2.75, 3.05) is 0 Å². The molecule has 0 saturated carbocycles. The largest absolute Gasteiger partial charge is 0.454 e. The highest BCUT2D eigenvalue weighted by molar-refractivity contribution is 6.31. The van der Waals surface area contributed by atoms with Crippen LogP contribution in [0.1, 0.15) is 16.2 Å². The highest BCUT2D eigenvalue weighted by Gasteiger charge is 2.15. The normalized spacial score (nSPS) is 10.7. The number of carbonyl (C=O) groups is 1. The van der Waals surface area contributed by atoms with E-state index in [1.807, 2.05) is 0 Å². The Kier molecular flexibility index (Phi) is 3.30. The Labute approximate surface area is 118 Å². The molecule has 20 heavy (non-hydrogen) atoms. The van der Waals surface area contributed by atoms with E-state index in [0.29, 0.717) is 21.7 Å². The smallest absolute Gasteiger partial charge is 0.358 e. The maximum atomic E-state index is 12.0. The number of esters is 1. The number of aromatic amines is 1. The number of hydrogen-bond acceptors (Lipinski definition) is 5. The lowest BCUT2D eigenvalue weighted by molar-refractivity contribution is 0.0463. The predicted octanol–water partition coefficient (Wildman–Crippen LogP) is 2.36. The van der Waals surface area contributed by atoms with Gasteiger partial charge in [-0.15, -0.1) is 0 Å². The van der Waals surface area contributed by atoms with E-state index < -0.39 is 5.97 Å². The Bertz CT molecular complexity index is 772. The first-order valence-electron chi connectivity index (χ1n) is 5.80. The molecule has 0 bridgehead atoms. The molecule has 3 rings (SSSR count). The van der Waals surface area contributed by atoms with E-state index >= 15 is 0 Å². The summed E-state index contributed by atoms with van der Waals surface area (Å²) in [5.41, 5.74) is 1.30. The number of fused-ring (bicyclic) bond motifs is 1. The zero-order chi connectivity index (χ0) is 13.9. The molecule has 3 aromatic rings. The van der Waals surface area contributed by atoms with Crippen LogP contribution in [0.15, 0.2) is 36.9 Å². The number of hydrogen-bond donors (Lipinski definition) is 1. The second-order valence-electron chi connectivity index (χ2n) is 3.97. The average Bonchev–Trinajstić information content (AvgIpc) is 2.94. The summed E-state index contributed by atoms with van der Waals surface area (Å²) in [6.45, 7) is -0.00553. The van der Waals surface area contributed by atoms with Gasteiger partial charge in [0.2, 0.25) is 0 Å². The van der Waals surface area contributed by atoms with Crippen LogP contribution < -0.4 is 0 Å². The van der Waals surface area contributed by atoms with Crippen LogP contribution in [0.4, 0.5) is 0 Å². The molecule has 0 saturated heterocycles. The summed E-state index contributed by atoms with van der Waals surface area (Å²) in [4.78, 5) is 27.0. The van der Waals surface area contributed by atoms with Crippen molar-refractivity contribution in [1.29, 1.82) is 0 Å². The van der Waals surface area contributed by atoms with Gasteiger partial charge in [-0.2, -0.15) is 0 Å². The fourth-order valence-corrected chi connectivity index (χ4v) is 1.94. The molecule has 0 aromatic carbocycles. The molecule has 0 aliphatic rings. The maximum absolute atomic E-state index is 12.0. The van der Waals surface area contributed by atoms with Crippen LogP contribution in [0.3, 0.4) is 0 Å².